The van der Waals surface area contributed by atoms with Crippen LogP contribution in [0.25, 0.3) is 11.1 Å². The minimum atomic E-state index is 0. The Bertz CT molecular complexity index is 806. The van der Waals surface area contributed by atoms with Gasteiger partial charge in [-0.05, 0) is 59.8 Å². The molecule has 4 rings (SSSR count). The van der Waals surface area contributed by atoms with Crippen molar-refractivity contribution in [2.75, 3.05) is 20.8 Å². The molecule has 6 heteroatoms. The molecule has 0 bridgehead atoms. The van der Waals surface area contributed by atoms with Crippen LogP contribution in [0.4, 0.5) is 0 Å². The molecule has 24 heavy (non-hydrogen) atoms. The third kappa shape index (κ3) is 2.27. The van der Waals surface area contributed by atoms with Gasteiger partial charge in [0.15, 0.2) is 23.0 Å². The number of hydrogen-bond acceptors (Lipinski definition) is 5. The van der Waals surface area contributed by atoms with E-state index in [4.69, 9.17) is 9.47 Å². The maximum Gasteiger partial charge on any atom is 0.166 e. The van der Waals surface area contributed by atoms with Crippen LogP contribution < -0.4 is 14.8 Å². The lowest BCUT2D eigenvalue weighted by molar-refractivity contribution is 0.368. The number of benzene rings is 2. The molecule has 2 aromatic carbocycles. The van der Waals surface area contributed by atoms with E-state index in [0.717, 1.165) is 41.6 Å². The van der Waals surface area contributed by atoms with E-state index in [0.29, 0.717) is 11.5 Å². The lowest BCUT2D eigenvalue weighted by Gasteiger charge is -2.35. The number of phenolic OH excluding ortho intramolecular Hbond substituents is 2. The minimum Gasteiger partial charge on any atom is -0.504 e. The third-order valence-electron chi connectivity index (χ3n) is 4.84. The standard InChI is InChI=1S/C18H19NO4.ClH/c1-22-14-8-11-10(6-13(14)20)5-12-16-9(3-4-19-12)7-15(23-2)18(21)17(11)16;/h6-8,12,19-21H,3-5H2,1-2H3;1H/t12-;/m0./s1. The van der Waals surface area contributed by atoms with E-state index in [1.165, 1.54) is 12.7 Å². The average molecular weight is 350 g/mol. The number of aromatic hydroxyl groups is 2. The second kappa shape index (κ2) is 6.07. The van der Waals surface area contributed by atoms with Gasteiger partial charge in [0.25, 0.3) is 0 Å². The summed E-state index contributed by atoms with van der Waals surface area (Å²) < 4.78 is 10.6. The highest BCUT2D eigenvalue weighted by molar-refractivity contribution is 5.85. The summed E-state index contributed by atoms with van der Waals surface area (Å²) in [6.45, 7) is 0.891. The van der Waals surface area contributed by atoms with Crippen molar-refractivity contribution in [3.05, 3.63) is 34.9 Å². The van der Waals surface area contributed by atoms with Gasteiger partial charge >= 0.3 is 0 Å². The molecule has 0 spiro atoms. The summed E-state index contributed by atoms with van der Waals surface area (Å²) in [6, 6.07) is 5.60. The zero-order valence-electron chi connectivity index (χ0n) is 13.5. The lowest BCUT2D eigenvalue weighted by atomic mass is 9.77. The Kier molecular flexibility index (Phi) is 4.24. The van der Waals surface area contributed by atoms with Crippen molar-refractivity contribution in [2.45, 2.75) is 18.9 Å². The van der Waals surface area contributed by atoms with Crippen molar-refractivity contribution >= 4 is 12.4 Å². The van der Waals surface area contributed by atoms with Gasteiger partial charge in [-0.2, -0.15) is 0 Å². The predicted octanol–water partition coefficient (Wildman–Crippen LogP) is 2.95. The SMILES string of the molecule is COc1cc2c(cc1O)C[C@@H]1NCCc3cc(OC)c(O)c-2c31.Cl. The molecular formula is C18H20ClNO4. The van der Waals surface area contributed by atoms with E-state index in [2.05, 4.69) is 5.32 Å². The normalized spacial score (nSPS) is 17.3. The molecule has 3 N–H and O–H groups in total. The van der Waals surface area contributed by atoms with Crippen LogP contribution in [0, 0.1) is 0 Å². The van der Waals surface area contributed by atoms with E-state index in [1.54, 1.807) is 19.2 Å². The number of nitrogens with one attached hydrogen (secondary N) is 1. The van der Waals surface area contributed by atoms with Gasteiger partial charge in [0, 0.05) is 11.6 Å². The number of hydrogen-bond donors (Lipinski definition) is 3. The molecule has 1 aliphatic heterocycles. The summed E-state index contributed by atoms with van der Waals surface area (Å²) in [5, 5.41) is 24.3. The van der Waals surface area contributed by atoms with Crippen LogP contribution in [0.15, 0.2) is 18.2 Å². The first-order valence-electron chi connectivity index (χ1n) is 7.70. The number of methoxy groups -OCH3 is 2. The molecule has 0 fully saturated rings. The van der Waals surface area contributed by atoms with E-state index < -0.39 is 0 Å². The van der Waals surface area contributed by atoms with Gasteiger partial charge in [-0.15, -0.1) is 12.4 Å². The Balaban J connectivity index is 0.00000169. The highest BCUT2D eigenvalue weighted by atomic mass is 35.5. The van der Waals surface area contributed by atoms with Crippen molar-refractivity contribution in [1.29, 1.82) is 0 Å². The van der Waals surface area contributed by atoms with Crippen LogP contribution in [-0.2, 0) is 12.8 Å². The van der Waals surface area contributed by atoms with Gasteiger partial charge in [0.2, 0.25) is 0 Å². The molecular weight excluding hydrogens is 330 g/mol. The van der Waals surface area contributed by atoms with Crippen molar-refractivity contribution in [3.63, 3.8) is 0 Å². The molecule has 2 aromatic rings. The summed E-state index contributed by atoms with van der Waals surface area (Å²) in [5.41, 5.74) is 5.01. The van der Waals surface area contributed by atoms with Crippen LogP contribution in [-0.4, -0.2) is 31.0 Å². The van der Waals surface area contributed by atoms with Crippen LogP contribution in [0.5, 0.6) is 23.0 Å². The van der Waals surface area contributed by atoms with Crippen molar-refractivity contribution in [3.8, 4) is 34.1 Å². The summed E-state index contributed by atoms with van der Waals surface area (Å²) in [7, 11) is 3.09. The Morgan fingerprint density at radius 2 is 1.79 bits per heavy atom. The molecule has 128 valence electrons. The minimum absolute atomic E-state index is 0. The van der Waals surface area contributed by atoms with Crippen molar-refractivity contribution in [2.24, 2.45) is 0 Å². The summed E-state index contributed by atoms with van der Waals surface area (Å²) in [6.07, 6.45) is 1.68. The summed E-state index contributed by atoms with van der Waals surface area (Å²) in [4.78, 5) is 0. The second-order valence-corrected chi connectivity index (χ2v) is 6.02. The van der Waals surface area contributed by atoms with Gasteiger partial charge in [0.05, 0.1) is 14.2 Å². The quantitative estimate of drug-likeness (QED) is 0.777. The second-order valence-electron chi connectivity index (χ2n) is 6.02. The first-order chi connectivity index (χ1) is 11.1. The Morgan fingerprint density at radius 3 is 2.50 bits per heavy atom. The fraction of sp³-hybridized carbons (Fsp3) is 0.333. The summed E-state index contributed by atoms with van der Waals surface area (Å²) in [5.74, 6) is 1.16. The van der Waals surface area contributed by atoms with Gasteiger partial charge in [-0.25, -0.2) is 0 Å². The number of phenols is 2. The lowest BCUT2D eigenvalue weighted by Crippen LogP contribution is -2.33. The molecule has 1 heterocycles. The number of halogens is 1. The molecule has 1 aliphatic carbocycles. The van der Waals surface area contributed by atoms with Gasteiger partial charge in [0.1, 0.15) is 0 Å². The molecule has 0 amide bonds. The number of ether oxygens (including phenoxy) is 2. The molecule has 1 atom stereocenters. The van der Waals surface area contributed by atoms with Crippen molar-refractivity contribution < 1.29 is 19.7 Å². The van der Waals surface area contributed by atoms with E-state index in [9.17, 15) is 10.2 Å². The zero-order valence-corrected chi connectivity index (χ0v) is 14.4. The molecule has 5 nitrogen and oxygen atoms in total. The molecule has 0 saturated carbocycles. The molecule has 0 saturated heterocycles. The number of fused-ring (bicyclic) bond motifs is 2. The van der Waals surface area contributed by atoms with Crippen LogP contribution in [0.2, 0.25) is 0 Å². The highest BCUT2D eigenvalue weighted by Gasteiger charge is 2.33. The Labute approximate surface area is 146 Å². The van der Waals surface area contributed by atoms with Crippen LogP contribution in [0.3, 0.4) is 0 Å². The van der Waals surface area contributed by atoms with Crippen molar-refractivity contribution in [1.82, 2.24) is 5.32 Å². The van der Waals surface area contributed by atoms with Gasteiger partial charge in [-0.1, -0.05) is 0 Å². The highest BCUT2D eigenvalue weighted by Crippen LogP contribution is 2.51. The zero-order chi connectivity index (χ0) is 16.1. The van der Waals surface area contributed by atoms with E-state index in [-0.39, 0.29) is 29.9 Å². The van der Waals surface area contributed by atoms with Crippen LogP contribution in [0.1, 0.15) is 22.7 Å². The molecule has 0 unspecified atom stereocenters. The first kappa shape index (κ1) is 16.7. The maximum atomic E-state index is 10.7. The smallest absolute Gasteiger partial charge is 0.166 e. The predicted molar refractivity (Wildman–Crippen MR) is 93.7 cm³/mol. The van der Waals surface area contributed by atoms with Gasteiger partial charge < -0.3 is 25.0 Å². The molecule has 2 aliphatic rings. The Morgan fingerprint density at radius 1 is 1.04 bits per heavy atom. The average Bonchev–Trinajstić information content (AvgIpc) is 2.56. The fourth-order valence-electron chi connectivity index (χ4n) is 3.80. The Hall–Kier alpha value is -2.11. The van der Waals surface area contributed by atoms with Crippen LogP contribution >= 0.6 is 12.4 Å². The number of rotatable bonds is 2. The summed E-state index contributed by atoms with van der Waals surface area (Å²) >= 11 is 0. The topological polar surface area (TPSA) is 71.0 Å². The van der Waals surface area contributed by atoms with E-state index >= 15 is 0 Å². The monoisotopic (exact) mass is 349 g/mol. The van der Waals surface area contributed by atoms with Gasteiger partial charge in [-0.3, -0.25) is 0 Å². The largest absolute Gasteiger partial charge is 0.504 e. The van der Waals surface area contributed by atoms with E-state index in [1.807, 2.05) is 6.07 Å². The molecule has 0 aromatic heterocycles. The third-order valence-corrected chi connectivity index (χ3v) is 4.84. The maximum absolute atomic E-state index is 10.7. The molecule has 0 radical (unpaired) electrons. The first-order valence-corrected chi connectivity index (χ1v) is 7.70. The fourth-order valence-corrected chi connectivity index (χ4v) is 3.80.